The number of hydrogen-bond donors (Lipinski definition) is 3. The first-order chi connectivity index (χ1) is 13.9. The van der Waals surface area contributed by atoms with Gasteiger partial charge in [0.2, 0.25) is 0 Å². The molecule has 0 aromatic heterocycles. The number of aliphatic hydroxyl groups excluding tert-OH is 2. The summed E-state index contributed by atoms with van der Waals surface area (Å²) in [5.74, 6) is 0.719. The molecule has 1 aliphatic heterocycles. The Hall–Kier alpha value is -0.240. The molecule has 7 bridgehead atoms. The molecule has 1 spiro atoms. The van der Waals surface area contributed by atoms with Crippen LogP contribution in [0, 0.1) is 40.4 Å². The molecule has 12 atom stereocenters. The van der Waals surface area contributed by atoms with Gasteiger partial charge in [0, 0.05) is 61.8 Å². The summed E-state index contributed by atoms with van der Waals surface area (Å²) in [7, 11) is 3.58. The Morgan fingerprint density at radius 1 is 1.14 bits per heavy atom. The quantitative estimate of drug-likeness (QED) is 0.642. The first-order valence-corrected chi connectivity index (χ1v) is 11.7. The van der Waals surface area contributed by atoms with Crippen molar-refractivity contribution in [2.24, 2.45) is 40.4 Å². The molecule has 5 saturated carbocycles. The van der Waals surface area contributed by atoms with Gasteiger partial charge in [-0.1, -0.05) is 6.92 Å². The maximum absolute atomic E-state index is 12.3. The predicted molar refractivity (Wildman–Crippen MR) is 106 cm³/mol. The second kappa shape index (κ2) is 5.96. The van der Waals surface area contributed by atoms with Crippen LogP contribution in [-0.2, 0) is 9.47 Å². The first kappa shape index (κ1) is 19.4. The highest BCUT2D eigenvalue weighted by molar-refractivity contribution is 5.33. The first-order valence-electron chi connectivity index (χ1n) is 11.7. The SMILES string of the molecule is CCN1C[C@]2(CO)CC[C@H](OC)[C@@]34[C@@H]5C[C@H]6[C@@H](O)[C@@H]5[C@](O)(C[C@@H]6OC)[C@@H](C[C@H]23)[C@@H]14. The van der Waals surface area contributed by atoms with Crippen molar-refractivity contribution in [1.82, 2.24) is 4.90 Å². The topological polar surface area (TPSA) is 82.4 Å². The molecular weight excluding hydrogens is 370 g/mol. The molecule has 1 saturated heterocycles. The molecule has 164 valence electrons. The molecule has 3 N–H and O–H groups in total. The van der Waals surface area contributed by atoms with E-state index in [1.807, 2.05) is 7.11 Å². The van der Waals surface area contributed by atoms with Gasteiger partial charge in [-0.25, -0.2) is 0 Å². The van der Waals surface area contributed by atoms with Gasteiger partial charge < -0.3 is 24.8 Å². The Labute approximate surface area is 173 Å². The van der Waals surface area contributed by atoms with Gasteiger partial charge >= 0.3 is 0 Å². The number of piperidine rings is 1. The normalized spacial score (nSPS) is 62.5. The van der Waals surface area contributed by atoms with Crippen molar-refractivity contribution < 1.29 is 24.8 Å². The van der Waals surface area contributed by atoms with Crippen molar-refractivity contribution in [2.75, 3.05) is 33.9 Å². The highest BCUT2D eigenvalue weighted by Gasteiger charge is 2.83. The highest BCUT2D eigenvalue weighted by Crippen LogP contribution is 2.79. The average molecular weight is 408 g/mol. The molecule has 0 radical (unpaired) electrons. The summed E-state index contributed by atoms with van der Waals surface area (Å²) >= 11 is 0. The Kier molecular flexibility index (Phi) is 4.00. The van der Waals surface area contributed by atoms with E-state index in [9.17, 15) is 15.3 Å². The zero-order valence-electron chi connectivity index (χ0n) is 18.0. The van der Waals surface area contributed by atoms with Crippen LogP contribution in [0.3, 0.4) is 0 Å². The fraction of sp³-hybridized carbons (Fsp3) is 1.00. The fourth-order valence-corrected chi connectivity index (χ4v) is 10.4. The van der Waals surface area contributed by atoms with Crippen molar-refractivity contribution in [1.29, 1.82) is 0 Å². The van der Waals surface area contributed by atoms with Crippen LogP contribution < -0.4 is 0 Å². The third-order valence-corrected chi connectivity index (χ3v) is 11.0. The largest absolute Gasteiger partial charge is 0.396 e. The van der Waals surface area contributed by atoms with Crippen LogP contribution in [0.25, 0.3) is 0 Å². The maximum atomic E-state index is 12.3. The molecule has 5 aliphatic carbocycles. The van der Waals surface area contributed by atoms with Crippen LogP contribution in [0.2, 0.25) is 0 Å². The molecular formula is C23H37NO5. The van der Waals surface area contributed by atoms with E-state index in [0.717, 1.165) is 38.8 Å². The van der Waals surface area contributed by atoms with Crippen LogP contribution in [0.1, 0.15) is 39.0 Å². The number of likely N-dealkylation sites (tertiary alicyclic amines) is 1. The Morgan fingerprint density at radius 3 is 2.59 bits per heavy atom. The van der Waals surface area contributed by atoms with Crippen molar-refractivity contribution in [3.05, 3.63) is 0 Å². The summed E-state index contributed by atoms with van der Waals surface area (Å²) in [6, 6.07) is 0.273. The summed E-state index contributed by atoms with van der Waals surface area (Å²) in [4.78, 5) is 2.57. The average Bonchev–Trinajstić information content (AvgIpc) is 3.14. The van der Waals surface area contributed by atoms with Gasteiger partial charge in [0.05, 0.1) is 30.5 Å². The summed E-state index contributed by atoms with van der Waals surface area (Å²) in [6.07, 6.45) is 4.02. The number of hydrogen-bond acceptors (Lipinski definition) is 6. The second-order valence-electron chi connectivity index (χ2n) is 11.2. The van der Waals surface area contributed by atoms with E-state index in [1.165, 1.54) is 0 Å². The smallest absolute Gasteiger partial charge is 0.0771 e. The molecule has 1 heterocycles. The number of rotatable bonds is 4. The zero-order chi connectivity index (χ0) is 20.3. The van der Waals surface area contributed by atoms with Crippen molar-refractivity contribution in [3.63, 3.8) is 0 Å². The van der Waals surface area contributed by atoms with Crippen molar-refractivity contribution in [2.45, 2.75) is 69.0 Å². The molecule has 0 aromatic carbocycles. The fourth-order valence-electron chi connectivity index (χ4n) is 10.4. The van der Waals surface area contributed by atoms with Gasteiger partial charge in [0.25, 0.3) is 0 Å². The lowest BCUT2D eigenvalue weighted by atomic mass is 9.43. The zero-order valence-corrected chi connectivity index (χ0v) is 18.0. The molecule has 0 amide bonds. The lowest BCUT2D eigenvalue weighted by molar-refractivity contribution is -0.275. The molecule has 0 unspecified atom stereocenters. The Bertz CT molecular complexity index is 705. The lowest BCUT2D eigenvalue weighted by Crippen LogP contribution is -2.76. The van der Waals surface area contributed by atoms with Crippen LogP contribution in [0.15, 0.2) is 0 Å². The number of methoxy groups -OCH3 is 2. The number of aliphatic hydroxyl groups is 3. The number of fused-ring (bicyclic) bond motifs is 2. The minimum Gasteiger partial charge on any atom is -0.396 e. The molecule has 6 heteroatoms. The van der Waals surface area contributed by atoms with Gasteiger partial charge in [-0.2, -0.15) is 0 Å². The van der Waals surface area contributed by atoms with E-state index in [0.29, 0.717) is 12.3 Å². The minimum absolute atomic E-state index is 0.0749. The van der Waals surface area contributed by atoms with Gasteiger partial charge in [0.15, 0.2) is 0 Å². The van der Waals surface area contributed by atoms with E-state index in [-0.39, 0.29) is 59.4 Å². The van der Waals surface area contributed by atoms with Gasteiger partial charge in [-0.3, -0.25) is 4.90 Å². The van der Waals surface area contributed by atoms with E-state index in [4.69, 9.17) is 9.47 Å². The van der Waals surface area contributed by atoms with E-state index >= 15 is 0 Å². The molecule has 6 fully saturated rings. The third kappa shape index (κ3) is 1.89. The highest BCUT2D eigenvalue weighted by atomic mass is 16.5. The number of nitrogens with zero attached hydrogens (tertiary/aromatic N) is 1. The van der Waals surface area contributed by atoms with Crippen LogP contribution in [0.4, 0.5) is 0 Å². The van der Waals surface area contributed by atoms with Gasteiger partial charge in [-0.05, 0) is 44.1 Å². The minimum atomic E-state index is -0.887. The van der Waals surface area contributed by atoms with Crippen LogP contribution in [-0.4, -0.2) is 84.1 Å². The summed E-state index contributed by atoms with van der Waals surface area (Å²) in [5, 5.41) is 34.3. The molecule has 6 nitrogen and oxygen atoms in total. The van der Waals surface area contributed by atoms with E-state index < -0.39 is 11.7 Å². The molecule has 29 heavy (non-hydrogen) atoms. The van der Waals surface area contributed by atoms with Gasteiger partial charge in [-0.15, -0.1) is 0 Å². The monoisotopic (exact) mass is 407 g/mol. The van der Waals surface area contributed by atoms with Crippen molar-refractivity contribution in [3.8, 4) is 0 Å². The van der Waals surface area contributed by atoms with Crippen LogP contribution in [0.5, 0.6) is 0 Å². The lowest BCUT2D eigenvalue weighted by Gasteiger charge is -2.69. The summed E-state index contributed by atoms with van der Waals surface area (Å²) in [5.41, 5.74) is -1.07. The van der Waals surface area contributed by atoms with Crippen LogP contribution >= 0.6 is 0 Å². The molecule has 6 aliphatic rings. The number of ether oxygens (including phenoxy) is 2. The third-order valence-electron chi connectivity index (χ3n) is 11.0. The second-order valence-corrected chi connectivity index (χ2v) is 11.2. The van der Waals surface area contributed by atoms with E-state index in [1.54, 1.807) is 7.11 Å². The Morgan fingerprint density at radius 2 is 1.93 bits per heavy atom. The summed E-state index contributed by atoms with van der Waals surface area (Å²) in [6.45, 7) is 4.29. The van der Waals surface area contributed by atoms with E-state index in [2.05, 4.69) is 11.8 Å². The van der Waals surface area contributed by atoms with Gasteiger partial charge in [0.1, 0.15) is 0 Å². The molecule has 6 rings (SSSR count). The molecule has 0 aromatic rings. The van der Waals surface area contributed by atoms with Crippen molar-refractivity contribution >= 4 is 0 Å². The standard InChI is InChI=1S/C23H37NO5/c1-4-24-10-21(11-25)6-5-17(29-3)23-13-7-12-15(28-2)9-22(27,18(13)19(12)26)14(20(23)24)8-16(21)23/h12-20,25-27H,4-11H2,1-3H3/t12-,13-,14+,15+,16-,17+,18-,19-,20-,21+,22+,23-/m1/s1. The Balaban J connectivity index is 1.60. The summed E-state index contributed by atoms with van der Waals surface area (Å²) < 4.78 is 12.1. The maximum Gasteiger partial charge on any atom is 0.0771 e. The predicted octanol–water partition coefficient (Wildman–Crippen LogP) is 0.877.